The van der Waals surface area contributed by atoms with Gasteiger partial charge in [-0.2, -0.15) is 0 Å². The van der Waals surface area contributed by atoms with Crippen LogP contribution in [0.3, 0.4) is 0 Å². The molecule has 0 fully saturated rings. The summed E-state index contributed by atoms with van der Waals surface area (Å²) in [6, 6.07) is 5.24. The van der Waals surface area contributed by atoms with Crippen LogP contribution in [0, 0.1) is 0 Å². The molecule has 23 heavy (non-hydrogen) atoms. The Balaban J connectivity index is 2.58. The van der Waals surface area contributed by atoms with Crippen LogP contribution < -0.4 is 25.0 Å². The number of carbonyl (C=O) groups excluding carboxylic acids is 2. The zero-order chi connectivity index (χ0) is 17.2. The first-order valence-corrected chi connectivity index (χ1v) is 7.68. The molecule has 0 heterocycles. The number of hydrogen-bond donors (Lipinski definition) is 3. The lowest BCUT2D eigenvalue weighted by Crippen LogP contribution is -3.09. The van der Waals surface area contributed by atoms with E-state index >= 15 is 0 Å². The van der Waals surface area contributed by atoms with E-state index in [1.165, 1.54) is 0 Å². The summed E-state index contributed by atoms with van der Waals surface area (Å²) in [6.07, 6.45) is 0. The van der Waals surface area contributed by atoms with Crippen LogP contribution in [-0.2, 0) is 11.3 Å². The molecule has 0 radical (unpaired) electrons. The number of quaternary nitrogens is 1. The van der Waals surface area contributed by atoms with Gasteiger partial charge in [-0.1, -0.05) is 0 Å². The van der Waals surface area contributed by atoms with Crippen LogP contribution in [0.1, 0.15) is 19.4 Å². The summed E-state index contributed by atoms with van der Waals surface area (Å²) < 4.78 is 10.8. The molecule has 128 valence electrons. The Kier molecular flexibility index (Phi) is 7.90. The molecule has 0 saturated carbocycles. The number of nitrogens with one attached hydrogen (secondary N) is 3. The van der Waals surface area contributed by atoms with Gasteiger partial charge in [0, 0.05) is 12.1 Å². The van der Waals surface area contributed by atoms with Crippen LogP contribution in [0.4, 0.5) is 4.79 Å². The van der Waals surface area contributed by atoms with Crippen molar-refractivity contribution in [2.24, 2.45) is 0 Å². The van der Waals surface area contributed by atoms with Crippen molar-refractivity contribution in [2.75, 3.05) is 33.9 Å². The van der Waals surface area contributed by atoms with Crippen LogP contribution >= 0.6 is 0 Å². The number of methoxy groups -OCH3 is 1. The van der Waals surface area contributed by atoms with E-state index < -0.39 is 6.03 Å². The van der Waals surface area contributed by atoms with Crippen LogP contribution in [0.15, 0.2) is 18.2 Å². The monoisotopic (exact) mass is 324 g/mol. The van der Waals surface area contributed by atoms with Gasteiger partial charge in [-0.25, -0.2) is 4.79 Å². The highest BCUT2D eigenvalue weighted by atomic mass is 16.5. The Morgan fingerprint density at radius 3 is 2.57 bits per heavy atom. The number of imide groups is 1. The summed E-state index contributed by atoms with van der Waals surface area (Å²) in [5, 5.41) is 4.81. The number of ether oxygens (including phenoxy) is 2. The smallest absolute Gasteiger partial charge is 0.321 e. The third-order valence-corrected chi connectivity index (χ3v) is 3.09. The van der Waals surface area contributed by atoms with Crippen LogP contribution in [0.5, 0.6) is 11.5 Å². The van der Waals surface area contributed by atoms with Crippen LogP contribution in [0.25, 0.3) is 0 Å². The molecule has 1 aromatic rings. The second-order valence-electron chi connectivity index (χ2n) is 5.14. The second-order valence-corrected chi connectivity index (χ2v) is 5.14. The van der Waals surface area contributed by atoms with Gasteiger partial charge in [0.25, 0.3) is 5.91 Å². The van der Waals surface area contributed by atoms with E-state index in [2.05, 4.69) is 10.6 Å². The molecule has 1 unspecified atom stereocenters. The summed E-state index contributed by atoms with van der Waals surface area (Å²) in [7, 11) is 3.48. The maximum atomic E-state index is 11.8. The molecule has 0 saturated heterocycles. The van der Waals surface area contributed by atoms with E-state index in [4.69, 9.17) is 9.47 Å². The molecule has 7 heteroatoms. The van der Waals surface area contributed by atoms with Crippen LogP contribution in [-0.4, -0.2) is 45.8 Å². The molecule has 0 aliphatic carbocycles. The summed E-state index contributed by atoms with van der Waals surface area (Å²) >= 11 is 0. The summed E-state index contributed by atoms with van der Waals surface area (Å²) in [5.41, 5.74) is 1.02. The van der Waals surface area contributed by atoms with E-state index in [0.717, 1.165) is 10.5 Å². The zero-order valence-electron chi connectivity index (χ0n) is 14.2. The minimum atomic E-state index is -0.465. The van der Waals surface area contributed by atoms with E-state index in [-0.39, 0.29) is 12.5 Å². The largest absolute Gasteiger partial charge is 0.493 e. The van der Waals surface area contributed by atoms with Crippen molar-refractivity contribution in [2.45, 2.75) is 20.4 Å². The number of urea groups is 1. The average Bonchev–Trinajstić information content (AvgIpc) is 2.48. The number of hydrogen-bond acceptors (Lipinski definition) is 4. The third-order valence-electron chi connectivity index (χ3n) is 3.09. The van der Waals surface area contributed by atoms with Gasteiger partial charge in [0.2, 0.25) is 0 Å². The maximum Gasteiger partial charge on any atom is 0.321 e. The standard InChI is InChI=1S/C16H25N3O4/c1-5-17-16(21)18-15(20)11-19(3)10-12-7-8-13(23-6-2)14(9-12)22-4/h7-9H,5-6,10-11H2,1-4H3,(H2,17,18,20,21)/p+1. The molecule has 1 atom stereocenters. The molecule has 1 rings (SSSR count). The first-order valence-electron chi connectivity index (χ1n) is 7.68. The van der Waals surface area contributed by atoms with Crippen molar-refractivity contribution in [3.8, 4) is 11.5 Å². The third kappa shape index (κ3) is 6.56. The van der Waals surface area contributed by atoms with Gasteiger partial charge in [0.15, 0.2) is 18.0 Å². The van der Waals surface area contributed by atoms with Crippen molar-refractivity contribution in [1.29, 1.82) is 0 Å². The Morgan fingerprint density at radius 2 is 1.96 bits per heavy atom. The Bertz CT molecular complexity index is 534. The molecule has 3 N–H and O–H groups in total. The zero-order valence-corrected chi connectivity index (χ0v) is 14.2. The van der Waals surface area contributed by atoms with Crippen molar-refractivity contribution in [3.63, 3.8) is 0 Å². The van der Waals surface area contributed by atoms with E-state index in [0.29, 0.717) is 31.2 Å². The first-order chi connectivity index (χ1) is 11.0. The topological polar surface area (TPSA) is 81.1 Å². The minimum Gasteiger partial charge on any atom is -0.493 e. The van der Waals surface area contributed by atoms with Crippen molar-refractivity contribution in [3.05, 3.63) is 23.8 Å². The predicted octanol–water partition coefficient (Wildman–Crippen LogP) is -0.0457. The van der Waals surface area contributed by atoms with Gasteiger partial charge >= 0.3 is 6.03 Å². The molecule has 0 aliphatic heterocycles. The van der Waals surface area contributed by atoms with Gasteiger partial charge in [0.05, 0.1) is 20.8 Å². The molecule has 3 amide bonds. The van der Waals surface area contributed by atoms with Crippen molar-refractivity contribution >= 4 is 11.9 Å². The highest BCUT2D eigenvalue weighted by molar-refractivity contribution is 5.94. The fourth-order valence-electron chi connectivity index (χ4n) is 2.16. The molecule has 0 aliphatic rings. The van der Waals surface area contributed by atoms with E-state index in [1.807, 2.05) is 32.2 Å². The number of benzene rings is 1. The van der Waals surface area contributed by atoms with Gasteiger partial charge in [0.1, 0.15) is 6.54 Å². The summed E-state index contributed by atoms with van der Waals surface area (Å²) in [4.78, 5) is 24.0. The molecular formula is C16H26N3O4+. The van der Waals surface area contributed by atoms with Crippen molar-refractivity contribution in [1.82, 2.24) is 10.6 Å². The lowest BCUT2D eigenvalue weighted by molar-refractivity contribution is -0.885. The Morgan fingerprint density at radius 1 is 1.22 bits per heavy atom. The summed E-state index contributed by atoms with van der Waals surface area (Å²) in [5.74, 6) is 1.06. The number of carbonyl (C=O) groups is 2. The fourth-order valence-corrected chi connectivity index (χ4v) is 2.16. The van der Waals surface area contributed by atoms with E-state index in [1.54, 1.807) is 14.0 Å². The molecule has 0 aromatic heterocycles. The number of rotatable bonds is 8. The molecular weight excluding hydrogens is 298 g/mol. The maximum absolute atomic E-state index is 11.8. The highest BCUT2D eigenvalue weighted by Gasteiger charge is 2.14. The lowest BCUT2D eigenvalue weighted by atomic mass is 10.2. The lowest BCUT2D eigenvalue weighted by Gasteiger charge is -2.15. The average molecular weight is 324 g/mol. The number of likely N-dealkylation sites (N-methyl/N-ethyl adjacent to an activating group) is 1. The van der Waals surface area contributed by atoms with Crippen LogP contribution in [0.2, 0.25) is 0 Å². The highest BCUT2D eigenvalue weighted by Crippen LogP contribution is 2.27. The van der Waals surface area contributed by atoms with Gasteiger partial charge in [-0.15, -0.1) is 0 Å². The van der Waals surface area contributed by atoms with Gasteiger partial charge < -0.3 is 19.7 Å². The predicted molar refractivity (Wildman–Crippen MR) is 86.8 cm³/mol. The normalized spacial score (nSPS) is 11.5. The molecule has 0 spiro atoms. The first kappa shape index (κ1) is 18.8. The minimum absolute atomic E-state index is 0.201. The SMILES string of the molecule is CCNC(=O)NC(=O)C[NH+](C)Cc1ccc(OCC)c(OC)c1. The quantitative estimate of drug-likeness (QED) is 0.626. The van der Waals surface area contributed by atoms with Gasteiger partial charge in [-0.05, 0) is 32.0 Å². The fraction of sp³-hybridized carbons (Fsp3) is 0.500. The van der Waals surface area contributed by atoms with Gasteiger partial charge in [-0.3, -0.25) is 10.1 Å². The Labute approximate surface area is 136 Å². The number of amides is 3. The Hall–Kier alpha value is -2.28. The van der Waals surface area contributed by atoms with Crippen molar-refractivity contribution < 1.29 is 24.0 Å². The van der Waals surface area contributed by atoms with E-state index in [9.17, 15) is 9.59 Å². The molecule has 1 aromatic carbocycles. The second kappa shape index (κ2) is 9.68. The molecule has 0 bridgehead atoms. The molecule has 7 nitrogen and oxygen atoms in total. The summed E-state index contributed by atoms with van der Waals surface area (Å²) in [6.45, 7) is 5.59.